The number of aliphatic hydroxyl groups excluding tert-OH is 1. The van der Waals surface area contributed by atoms with Crippen LogP contribution in [0.15, 0.2) is 29.2 Å². The van der Waals surface area contributed by atoms with Crippen molar-refractivity contribution in [2.45, 2.75) is 63.7 Å². The van der Waals surface area contributed by atoms with E-state index in [1.165, 1.54) is 4.90 Å². The molecule has 2 N–H and O–H groups in total. The van der Waals surface area contributed by atoms with Crippen molar-refractivity contribution in [1.29, 1.82) is 0 Å². The van der Waals surface area contributed by atoms with Crippen LogP contribution in [0.2, 0.25) is 0 Å². The Morgan fingerprint density at radius 3 is 2.32 bits per heavy atom. The second kappa shape index (κ2) is 8.59. The fraction of sp³-hybridized carbons (Fsp3) is 0.611. The number of nitrogens with one attached hydrogen (secondary N) is 1. The van der Waals surface area contributed by atoms with Crippen molar-refractivity contribution in [3.63, 3.8) is 0 Å². The molecular formula is C18H29NO2S. The Bertz CT molecular complexity index is 463. The molecule has 1 amide bonds. The number of amides is 1. The highest BCUT2D eigenvalue weighted by Gasteiger charge is 2.21. The first-order chi connectivity index (χ1) is 10.2. The molecular weight excluding hydrogens is 294 g/mol. The van der Waals surface area contributed by atoms with Crippen molar-refractivity contribution in [2.75, 3.05) is 6.54 Å². The maximum absolute atomic E-state index is 11.9. The quantitative estimate of drug-likeness (QED) is 0.753. The van der Waals surface area contributed by atoms with Crippen LogP contribution in [0.1, 0.15) is 46.6 Å². The minimum atomic E-state index is -0.403. The highest BCUT2D eigenvalue weighted by atomic mass is 32.2. The summed E-state index contributed by atoms with van der Waals surface area (Å²) in [5.74, 6) is 0.00497. The highest BCUT2D eigenvalue weighted by molar-refractivity contribution is 7.99. The summed E-state index contributed by atoms with van der Waals surface area (Å²) in [4.78, 5) is 13.1. The number of benzene rings is 1. The summed E-state index contributed by atoms with van der Waals surface area (Å²) in [6, 6.07) is 8.15. The molecule has 3 nitrogen and oxygen atoms in total. The van der Waals surface area contributed by atoms with Gasteiger partial charge in [0.25, 0.3) is 0 Å². The summed E-state index contributed by atoms with van der Waals surface area (Å²) in [6.07, 6.45) is 0.567. The zero-order chi connectivity index (χ0) is 16.8. The van der Waals surface area contributed by atoms with Gasteiger partial charge < -0.3 is 10.4 Å². The first kappa shape index (κ1) is 19.0. The molecule has 1 unspecified atom stereocenters. The third kappa shape index (κ3) is 7.32. The number of aliphatic hydroxyl groups is 1. The van der Waals surface area contributed by atoms with Gasteiger partial charge in [0.1, 0.15) is 0 Å². The van der Waals surface area contributed by atoms with Crippen molar-refractivity contribution in [3.05, 3.63) is 29.8 Å². The number of carbonyl (C=O) groups is 1. The summed E-state index contributed by atoms with van der Waals surface area (Å²) in [5, 5.41) is 13.4. The van der Waals surface area contributed by atoms with Gasteiger partial charge in [0.2, 0.25) is 5.91 Å². The van der Waals surface area contributed by atoms with Gasteiger partial charge in [-0.25, -0.2) is 0 Å². The molecule has 0 aliphatic heterocycles. The molecule has 0 saturated carbocycles. The van der Waals surface area contributed by atoms with E-state index in [9.17, 15) is 9.90 Å². The molecule has 0 bridgehead atoms. The van der Waals surface area contributed by atoms with Crippen molar-refractivity contribution >= 4 is 17.7 Å². The van der Waals surface area contributed by atoms with Crippen molar-refractivity contribution in [3.8, 4) is 0 Å². The van der Waals surface area contributed by atoms with Gasteiger partial charge in [0.05, 0.1) is 12.5 Å². The third-order valence-corrected chi connectivity index (χ3v) is 4.42. The lowest BCUT2D eigenvalue weighted by Crippen LogP contribution is -2.33. The van der Waals surface area contributed by atoms with Gasteiger partial charge in [-0.2, -0.15) is 0 Å². The smallest absolute Gasteiger partial charge is 0.224 e. The molecule has 0 radical (unpaired) electrons. The second-order valence-electron chi connectivity index (χ2n) is 7.01. The molecule has 124 valence electrons. The predicted octanol–water partition coefficient (Wildman–Crippen LogP) is 3.64. The van der Waals surface area contributed by atoms with E-state index in [0.29, 0.717) is 24.6 Å². The molecule has 4 heteroatoms. The van der Waals surface area contributed by atoms with E-state index >= 15 is 0 Å². The number of thioether (sulfide) groups is 1. The summed E-state index contributed by atoms with van der Waals surface area (Å²) in [6.45, 7) is 10.8. The van der Waals surface area contributed by atoms with Gasteiger partial charge in [0, 0.05) is 16.7 Å². The van der Waals surface area contributed by atoms with Crippen LogP contribution in [0.25, 0.3) is 0 Å². The average Bonchev–Trinajstić information content (AvgIpc) is 2.39. The highest BCUT2D eigenvalue weighted by Crippen LogP contribution is 2.23. The van der Waals surface area contributed by atoms with E-state index in [2.05, 4.69) is 31.3 Å². The minimum Gasteiger partial charge on any atom is -0.393 e. The Kier molecular flexibility index (Phi) is 7.43. The monoisotopic (exact) mass is 323 g/mol. The maximum Gasteiger partial charge on any atom is 0.224 e. The van der Waals surface area contributed by atoms with Crippen LogP contribution in [0.4, 0.5) is 0 Å². The van der Waals surface area contributed by atoms with Crippen LogP contribution in [-0.4, -0.2) is 28.9 Å². The van der Waals surface area contributed by atoms with E-state index in [0.717, 1.165) is 5.56 Å². The van der Waals surface area contributed by atoms with Crippen molar-refractivity contribution < 1.29 is 9.90 Å². The molecule has 0 spiro atoms. The number of hydrogen-bond donors (Lipinski definition) is 2. The van der Waals surface area contributed by atoms with Crippen LogP contribution in [0, 0.1) is 5.41 Å². The Morgan fingerprint density at radius 2 is 1.82 bits per heavy atom. The molecule has 22 heavy (non-hydrogen) atoms. The predicted molar refractivity (Wildman–Crippen MR) is 94.2 cm³/mol. The van der Waals surface area contributed by atoms with Gasteiger partial charge in [-0.1, -0.05) is 46.8 Å². The third-order valence-electron chi connectivity index (χ3n) is 3.40. The van der Waals surface area contributed by atoms with E-state index in [4.69, 9.17) is 0 Å². The number of rotatable bonds is 7. The van der Waals surface area contributed by atoms with E-state index in [1.54, 1.807) is 0 Å². The van der Waals surface area contributed by atoms with Gasteiger partial charge in [0.15, 0.2) is 0 Å². The summed E-state index contributed by atoms with van der Waals surface area (Å²) >= 11 is 1.82. The summed E-state index contributed by atoms with van der Waals surface area (Å²) in [5.41, 5.74) is 0.872. The fourth-order valence-corrected chi connectivity index (χ4v) is 2.82. The first-order valence-corrected chi connectivity index (χ1v) is 8.77. The van der Waals surface area contributed by atoms with E-state index < -0.39 is 6.10 Å². The molecule has 1 rings (SSSR count). The first-order valence-electron chi connectivity index (χ1n) is 7.89. The lowest BCUT2D eigenvalue weighted by atomic mass is 9.87. The molecule has 0 fully saturated rings. The normalized spacial score (nSPS) is 13.2. The lowest BCUT2D eigenvalue weighted by Gasteiger charge is -2.25. The maximum atomic E-state index is 11.9. The standard InChI is InChI=1S/C18H29NO2S/c1-13(2)22-15-8-6-14(7-9-15)12-17(21)19-11-10-16(20)18(3,4)5/h6-9,13,16,20H,10-12H2,1-5H3,(H,19,21). The molecule has 0 heterocycles. The number of carbonyl (C=O) groups excluding carboxylic acids is 1. The SMILES string of the molecule is CC(C)Sc1ccc(CC(=O)NCCC(O)C(C)(C)C)cc1. The largest absolute Gasteiger partial charge is 0.393 e. The Balaban J connectivity index is 2.36. The summed E-state index contributed by atoms with van der Waals surface area (Å²) in [7, 11) is 0. The van der Waals surface area contributed by atoms with Crippen LogP contribution in [0.5, 0.6) is 0 Å². The zero-order valence-corrected chi connectivity index (χ0v) is 15.2. The zero-order valence-electron chi connectivity index (χ0n) is 14.3. The van der Waals surface area contributed by atoms with Gasteiger partial charge in [-0.3, -0.25) is 4.79 Å². The molecule has 0 aliphatic carbocycles. The van der Waals surface area contributed by atoms with Gasteiger partial charge in [-0.05, 0) is 29.5 Å². The Labute approximate surface area is 138 Å². The van der Waals surface area contributed by atoms with Crippen molar-refractivity contribution in [2.24, 2.45) is 5.41 Å². The van der Waals surface area contributed by atoms with Crippen LogP contribution in [-0.2, 0) is 11.2 Å². The second-order valence-corrected chi connectivity index (χ2v) is 8.66. The fourth-order valence-electron chi connectivity index (χ4n) is 1.99. The average molecular weight is 324 g/mol. The lowest BCUT2D eigenvalue weighted by molar-refractivity contribution is -0.120. The Hall–Kier alpha value is -1.00. The van der Waals surface area contributed by atoms with Crippen LogP contribution >= 0.6 is 11.8 Å². The molecule has 1 atom stereocenters. The molecule has 0 aromatic heterocycles. The number of hydrogen-bond acceptors (Lipinski definition) is 3. The van der Waals surface area contributed by atoms with Crippen LogP contribution in [0.3, 0.4) is 0 Å². The van der Waals surface area contributed by atoms with Gasteiger partial charge in [-0.15, -0.1) is 11.8 Å². The Morgan fingerprint density at radius 1 is 1.23 bits per heavy atom. The minimum absolute atomic E-state index is 0.00497. The van der Waals surface area contributed by atoms with Crippen LogP contribution < -0.4 is 5.32 Å². The van der Waals surface area contributed by atoms with E-state index in [1.807, 2.05) is 44.7 Å². The van der Waals surface area contributed by atoms with Crippen molar-refractivity contribution in [1.82, 2.24) is 5.32 Å². The van der Waals surface area contributed by atoms with E-state index in [-0.39, 0.29) is 11.3 Å². The molecule has 1 aromatic rings. The molecule has 0 saturated heterocycles. The summed E-state index contributed by atoms with van der Waals surface area (Å²) < 4.78 is 0. The molecule has 0 aliphatic rings. The molecule has 1 aromatic carbocycles. The van der Waals surface area contributed by atoms with Gasteiger partial charge >= 0.3 is 0 Å². The topological polar surface area (TPSA) is 49.3 Å².